The van der Waals surface area contributed by atoms with Gasteiger partial charge in [-0.15, -0.1) is 0 Å². The van der Waals surface area contributed by atoms with Gasteiger partial charge in [-0.25, -0.2) is 0 Å². The van der Waals surface area contributed by atoms with Gasteiger partial charge in [-0.05, 0) is 35.2 Å². The topological polar surface area (TPSA) is 78.4 Å². The maximum atomic E-state index is 13.2. The summed E-state index contributed by atoms with van der Waals surface area (Å²) in [5.41, 5.74) is 2.94. The van der Waals surface area contributed by atoms with E-state index in [4.69, 9.17) is 5.11 Å². The molecule has 0 heterocycles. The molecule has 1 amide bonds. The molecule has 6 heteroatoms. The van der Waals surface area contributed by atoms with E-state index in [2.05, 4.69) is 26.6 Å². The molecule has 0 bridgehead atoms. The Morgan fingerprint density at radius 3 is 1.90 bits per heavy atom. The van der Waals surface area contributed by atoms with Crippen LogP contribution < -0.4 is 10.6 Å². The minimum atomic E-state index is -0.925. The summed E-state index contributed by atoms with van der Waals surface area (Å²) in [5, 5.41) is 15.5. The van der Waals surface area contributed by atoms with Gasteiger partial charge in [0.2, 0.25) is 5.91 Å². The number of carbonyl (C=O) groups excluding carboxylic acids is 1. The van der Waals surface area contributed by atoms with E-state index in [1.807, 2.05) is 84.9 Å². The lowest BCUT2D eigenvalue weighted by Crippen LogP contribution is -2.45. The Labute approximate surface area is 190 Å². The fraction of sp³-hybridized carbons (Fsp3) is 0.200. The lowest BCUT2D eigenvalue weighted by atomic mass is 9.98. The highest BCUT2D eigenvalue weighted by Gasteiger charge is 2.23. The fourth-order valence-corrected chi connectivity index (χ4v) is 3.59. The van der Waals surface area contributed by atoms with E-state index in [9.17, 15) is 9.59 Å². The smallest absolute Gasteiger partial charge is 0.303 e. The molecule has 5 nitrogen and oxygen atoms in total. The number of carboxylic acid groups (broad SMARTS) is 1. The number of halogens is 1. The molecule has 3 aromatic carbocycles. The van der Waals surface area contributed by atoms with Crippen molar-refractivity contribution >= 4 is 27.8 Å². The van der Waals surface area contributed by atoms with Crippen molar-refractivity contribution < 1.29 is 14.7 Å². The predicted molar refractivity (Wildman–Crippen MR) is 125 cm³/mol. The summed E-state index contributed by atoms with van der Waals surface area (Å²) in [6.45, 7) is 0.465. The Bertz CT molecular complexity index is 939. The van der Waals surface area contributed by atoms with Gasteiger partial charge < -0.3 is 15.7 Å². The van der Waals surface area contributed by atoms with Crippen LogP contribution in [0.25, 0.3) is 0 Å². The summed E-state index contributed by atoms with van der Waals surface area (Å²) in [4.78, 5) is 24.4. The number of carboxylic acids is 1. The lowest BCUT2D eigenvalue weighted by Gasteiger charge is -2.24. The summed E-state index contributed by atoms with van der Waals surface area (Å²) < 4.78 is 0.977. The van der Waals surface area contributed by atoms with Crippen molar-refractivity contribution in [3.63, 3.8) is 0 Å². The molecule has 0 spiro atoms. The third-order valence-corrected chi connectivity index (χ3v) is 5.51. The second-order valence-electron chi connectivity index (χ2n) is 7.26. The first-order chi connectivity index (χ1) is 15.0. The molecular weight excluding hydrogens is 456 g/mol. The number of aliphatic carboxylic acids is 1. The van der Waals surface area contributed by atoms with E-state index in [1.165, 1.54) is 0 Å². The van der Waals surface area contributed by atoms with Crippen LogP contribution in [0.15, 0.2) is 89.4 Å². The maximum absolute atomic E-state index is 13.2. The van der Waals surface area contributed by atoms with Crippen molar-refractivity contribution in [1.82, 2.24) is 10.6 Å². The van der Waals surface area contributed by atoms with Crippen molar-refractivity contribution in [3.05, 3.63) is 106 Å². The molecule has 0 aliphatic rings. The molecule has 3 rings (SSSR count). The molecule has 3 aromatic rings. The first kappa shape index (κ1) is 22.7. The second-order valence-corrected chi connectivity index (χ2v) is 8.17. The van der Waals surface area contributed by atoms with E-state index in [1.54, 1.807) is 0 Å². The zero-order chi connectivity index (χ0) is 22.1. The number of hydrogen-bond acceptors (Lipinski definition) is 3. The molecule has 0 fully saturated rings. The highest BCUT2D eigenvalue weighted by Crippen LogP contribution is 2.22. The summed E-state index contributed by atoms with van der Waals surface area (Å²) >= 11 is 3.41. The Balaban J connectivity index is 1.77. The number of hydrogen-bond donors (Lipinski definition) is 3. The molecule has 0 aliphatic carbocycles. The summed E-state index contributed by atoms with van der Waals surface area (Å²) in [6, 6.07) is 26.3. The van der Waals surface area contributed by atoms with Crippen LogP contribution in [0.2, 0.25) is 0 Å². The van der Waals surface area contributed by atoms with E-state index < -0.39 is 12.0 Å². The number of nitrogens with one attached hydrogen (secondary N) is 2. The fourth-order valence-electron chi connectivity index (χ4n) is 3.33. The minimum absolute atomic E-state index is 0.0905. The third-order valence-electron chi connectivity index (χ3n) is 4.98. The quantitative estimate of drug-likeness (QED) is 0.393. The van der Waals surface area contributed by atoms with E-state index in [-0.39, 0.29) is 24.8 Å². The SMILES string of the molecule is O=C(O)CCC(NCc1ccc(Br)cc1)C(=O)NC(c1ccccc1)c1ccccc1. The van der Waals surface area contributed by atoms with Crippen LogP contribution in [-0.4, -0.2) is 23.0 Å². The summed E-state index contributed by atoms with van der Waals surface area (Å²) in [7, 11) is 0. The van der Waals surface area contributed by atoms with Crippen molar-refractivity contribution in [1.29, 1.82) is 0 Å². The first-order valence-electron chi connectivity index (χ1n) is 10.1. The van der Waals surface area contributed by atoms with Crippen LogP contribution in [0.5, 0.6) is 0 Å². The van der Waals surface area contributed by atoms with Gasteiger partial charge in [0.25, 0.3) is 0 Å². The summed E-state index contributed by atoms with van der Waals surface area (Å²) in [5.74, 6) is -1.15. The van der Waals surface area contributed by atoms with Crippen molar-refractivity contribution in [2.75, 3.05) is 0 Å². The molecule has 0 aliphatic heterocycles. The number of carbonyl (C=O) groups is 2. The minimum Gasteiger partial charge on any atom is -0.481 e. The standard InChI is InChI=1S/C25H25BrN2O3/c26-21-13-11-18(12-14-21)17-27-22(15-16-23(29)30)25(31)28-24(19-7-3-1-4-8-19)20-9-5-2-6-10-20/h1-14,22,24,27H,15-17H2,(H,28,31)(H,29,30). The van der Waals surface area contributed by atoms with E-state index in [0.29, 0.717) is 6.54 Å². The van der Waals surface area contributed by atoms with Gasteiger partial charge in [0.1, 0.15) is 0 Å². The van der Waals surface area contributed by atoms with Gasteiger partial charge in [-0.2, -0.15) is 0 Å². The number of rotatable bonds is 10. The molecule has 160 valence electrons. The highest BCUT2D eigenvalue weighted by molar-refractivity contribution is 9.10. The molecule has 0 saturated carbocycles. The van der Waals surface area contributed by atoms with Crippen molar-refractivity contribution in [3.8, 4) is 0 Å². The molecular formula is C25H25BrN2O3. The van der Waals surface area contributed by atoms with Crippen molar-refractivity contribution in [2.24, 2.45) is 0 Å². The highest BCUT2D eigenvalue weighted by atomic mass is 79.9. The van der Waals surface area contributed by atoms with Gasteiger partial charge in [0, 0.05) is 17.4 Å². The van der Waals surface area contributed by atoms with Gasteiger partial charge in [0.05, 0.1) is 12.1 Å². The van der Waals surface area contributed by atoms with Crippen LogP contribution in [-0.2, 0) is 16.1 Å². The third kappa shape index (κ3) is 7.05. The Hall–Kier alpha value is -2.96. The molecule has 0 radical (unpaired) electrons. The van der Waals surface area contributed by atoms with Crippen molar-refractivity contribution in [2.45, 2.75) is 31.5 Å². The maximum Gasteiger partial charge on any atom is 0.303 e. The molecule has 1 atom stereocenters. The Kier molecular flexibility index (Phi) is 8.38. The average Bonchev–Trinajstić information content (AvgIpc) is 2.79. The molecule has 0 saturated heterocycles. The van der Waals surface area contributed by atoms with Gasteiger partial charge in [0.15, 0.2) is 0 Å². The zero-order valence-electron chi connectivity index (χ0n) is 17.0. The van der Waals surface area contributed by atoms with E-state index in [0.717, 1.165) is 21.2 Å². The van der Waals surface area contributed by atoms with Gasteiger partial charge in [-0.1, -0.05) is 88.7 Å². The molecule has 3 N–H and O–H groups in total. The zero-order valence-corrected chi connectivity index (χ0v) is 18.6. The predicted octanol–water partition coefficient (Wildman–Crippen LogP) is 4.68. The van der Waals surface area contributed by atoms with Crippen LogP contribution in [0.4, 0.5) is 0 Å². The molecule has 0 aromatic heterocycles. The summed E-state index contributed by atoms with van der Waals surface area (Å²) in [6.07, 6.45) is 0.112. The van der Waals surface area contributed by atoms with Gasteiger partial charge >= 0.3 is 5.97 Å². The average molecular weight is 481 g/mol. The monoisotopic (exact) mass is 480 g/mol. The van der Waals surface area contributed by atoms with Crippen LogP contribution in [0.3, 0.4) is 0 Å². The Morgan fingerprint density at radius 1 is 0.839 bits per heavy atom. The lowest BCUT2D eigenvalue weighted by molar-refractivity contribution is -0.137. The Morgan fingerprint density at radius 2 is 1.39 bits per heavy atom. The van der Waals surface area contributed by atoms with E-state index >= 15 is 0 Å². The first-order valence-corrected chi connectivity index (χ1v) is 10.9. The van der Waals surface area contributed by atoms with Crippen LogP contribution >= 0.6 is 15.9 Å². The molecule has 31 heavy (non-hydrogen) atoms. The van der Waals surface area contributed by atoms with Crippen LogP contribution in [0.1, 0.15) is 35.6 Å². The number of benzene rings is 3. The normalized spacial score (nSPS) is 11.8. The number of amides is 1. The molecule has 1 unspecified atom stereocenters. The van der Waals surface area contributed by atoms with Gasteiger partial charge in [-0.3, -0.25) is 9.59 Å². The largest absolute Gasteiger partial charge is 0.481 e. The second kappa shape index (κ2) is 11.4. The van der Waals surface area contributed by atoms with Crippen LogP contribution in [0, 0.1) is 0 Å².